The molecule has 7 heteroatoms. The van der Waals surface area contributed by atoms with Gasteiger partial charge < -0.3 is 25.6 Å². The summed E-state index contributed by atoms with van der Waals surface area (Å²) in [4.78, 5) is 26.7. The largest absolute Gasteiger partial charge is 0.378 e. The van der Waals surface area contributed by atoms with Crippen molar-refractivity contribution in [2.45, 2.75) is 19.9 Å². The molecule has 7 nitrogen and oxygen atoms in total. The van der Waals surface area contributed by atoms with Gasteiger partial charge in [0.25, 0.3) is 5.91 Å². The molecule has 0 saturated carbocycles. The summed E-state index contributed by atoms with van der Waals surface area (Å²) in [5.41, 5.74) is 1.14. The summed E-state index contributed by atoms with van der Waals surface area (Å²) < 4.78 is 5.29. The summed E-state index contributed by atoms with van der Waals surface area (Å²) in [6.07, 6.45) is 0. The molecule has 0 radical (unpaired) electrons. The Morgan fingerprint density at radius 1 is 1.32 bits per heavy atom. The van der Waals surface area contributed by atoms with Crippen LogP contribution in [0.5, 0.6) is 0 Å². The predicted molar refractivity (Wildman–Crippen MR) is 97.8 cm³/mol. The maximum absolute atomic E-state index is 12.3. The molecule has 1 saturated heterocycles. The van der Waals surface area contributed by atoms with E-state index in [1.54, 1.807) is 24.3 Å². The lowest BCUT2D eigenvalue weighted by Gasteiger charge is -2.23. The first-order chi connectivity index (χ1) is 12.1. The molecule has 2 rings (SSSR count). The monoisotopic (exact) mass is 348 g/mol. The molecule has 1 heterocycles. The highest BCUT2D eigenvalue weighted by Crippen LogP contribution is 2.11. The third-order valence-corrected chi connectivity index (χ3v) is 4.24. The van der Waals surface area contributed by atoms with Crippen LogP contribution in [0.25, 0.3) is 0 Å². The molecule has 0 aromatic heterocycles. The lowest BCUT2D eigenvalue weighted by molar-refractivity contribution is -0.120. The van der Waals surface area contributed by atoms with Crippen LogP contribution >= 0.6 is 0 Å². The first kappa shape index (κ1) is 19.4. The van der Waals surface area contributed by atoms with Crippen molar-refractivity contribution in [1.82, 2.24) is 15.5 Å². The fourth-order valence-corrected chi connectivity index (χ4v) is 2.67. The summed E-state index contributed by atoms with van der Waals surface area (Å²) >= 11 is 0. The SMILES string of the molecule is CCN(CC)CCNC(=O)c1cccc(NC(=O)C2COCCN2)c1. The van der Waals surface area contributed by atoms with Crippen molar-refractivity contribution >= 4 is 17.5 Å². The van der Waals surface area contributed by atoms with Gasteiger partial charge in [-0.15, -0.1) is 0 Å². The Morgan fingerprint density at radius 3 is 2.80 bits per heavy atom. The average Bonchev–Trinajstić information content (AvgIpc) is 2.66. The highest BCUT2D eigenvalue weighted by atomic mass is 16.5. The van der Waals surface area contributed by atoms with Crippen LogP contribution in [0.15, 0.2) is 24.3 Å². The molecular formula is C18H28N4O3. The van der Waals surface area contributed by atoms with E-state index in [1.807, 2.05) is 0 Å². The highest BCUT2D eigenvalue weighted by Gasteiger charge is 2.21. The van der Waals surface area contributed by atoms with E-state index < -0.39 is 0 Å². The second kappa shape index (κ2) is 10.1. The Morgan fingerprint density at radius 2 is 2.12 bits per heavy atom. The molecule has 0 aliphatic carbocycles. The molecule has 2 amide bonds. The van der Waals surface area contributed by atoms with E-state index in [9.17, 15) is 9.59 Å². The zero-order valence-electron chi connectivity index (χ0n) is 15.0. The van der Waals surface area contributed by atoms with Gasteiger partial charge in [0.2, 0.25) is 5.91 Å². The van der Waals surface area contributed by atoms with Gasteiger partial charge in [-0.25, -0.2) is 0 Å². The number of carbonyl (C=O) groups excluding carboxylic acids is 2. The van der Waals surface area contributed by atoms with Gasteiger partial charge in [-0.2, -0.15) is 0 Å². The number of nitrogens with zero attached hydrogens (tertiary/aromatic N) is 1. The Balaban J connectivity index is 1.87. The number of morpholine rings is 1. The topological polar surface area (TPSA) is 82.7 Å². The molecule has 1 aliphatic rings. The van der Waals surface area contributed by atoms with Crippen molar-refractivity contribution in [2.75, 3.05) is 51.3 Å². The van der Waals surface area contributed by atoms with E-state index >= 15 is 0 Å². The third kappa shape index (κ3) is 6.12. The number of ether oxygens (including phenoxy) is 1. The van der Waals surface area contributed by atoms with Crippen molar-refractivity contribution in [2.24, 2.45) is 0 Å². The smallest absolute Gasteiger partial charge is 0.251 e. The Hall–Kier alpha value is -1.96. The van der Waals surface area contributed by atoms with E-state index in [-0.39, 0.29) is 17.9 Å². The minimum atomic E-state index is -0.361. The summed E-state index contributed by atoms with van der Waals surface area (Å²) in [5.74, 6) is -0.291. The lowest BCUT2D eigenvalue weighted by Crippen LogP contribution is -2.48. The molecule has 1 aliphatic heterocycles. The number of rotatable bonds is 8. The summed E-state index contributed by atoms with van der Waals surface area (Å²) in [6, 6.07) is 6.60. The molecule has 1 unspecified atom stereocenters. The van der Waals surface area contributed by atoms with Gasteiger partial charge in [0, 0.05) is 30.9 Å². The van der Waals surface area contributed by atoms with Crippen LogP contribution in [0.2, 0.25) is 0 Å². The van der Waals surface area contributed by atoms with Gasteiger partial charge in [0.1, 0.15) is 6.04 Å². The van der Waals surface area contributed by atoms with Crippen molar-refractivity contribution in [3.8, 4) is 0 Å². The molecule has 0 bridgehead atoms. The Bertz CT molecular complexity index is 569. The second-order valence-electron chi connectivity index (χ2n) is 5.93. The van der Waals surface area contributed by atoms with Gasteiger partial charge in [0.05, 0.1) is 13.2 Å². The van der Waals surface area contributed by atoms with Gasteiger partial charge in [-0.3, -0.25) is 9.59 Å². The van der Waals surface area contributed by atoms with E-state index in [0.29, 0.717) is 37.6 Å². The van der Waals surface area contributed by atoms with Crippen LogP contribution in [-0.2, 0) is 9.53 Å². The number of benzene rings is 1. The van der Waals surface area contributed by atoms with E-state index in [0.717, 1.165) is 19.6 Å². The molecule has 138 valence electrons. The number of hydrogen-bond acceptors (Lipinski definition) is 5. The average molecular weight is 348 g/mol. The van der Waals surface area contributed by atoms with Crippen molar-refractivity contribution < 1.29 is 14.3 Å². The molecule has 1 aromatic carbocycles. The van der Waals surface area contributed by atoms with Crippen molar-refractivity contribution in [3.05, 3.63) is 29.8 Å². The first-order valence-corrected chi connectivity index (χ1v) is 8.86. The number of likely N-dealkylation sites (N-methyl/N-ethyl adjacent to an activating group) is 1. The Labute approximate surface area is 149 Å². The van der Waals surface area contributed by atoms with Crippen molar-refractivity contribution in [3.63, 3.8) is 0 Å². The second-order valence-corrected chi connectivity index (χ2v) is 5.93. The predicted octanol–water partition coefficient (Wildman–Crippen LogP) is 0.685. The van der Waals surface area contributed by atoms with Gasteiger partial charge in [-0.1, -0.05) is 19.9 Å². The molecule has 25 heavy (non-hydrogen) atoms. The number of amides is 2. The lowest BCUT2D eigenvalue weighted by atomic mass is 10.1. The maximum atomic E-state index is 12.3. The quantitative estimate of drug-likeness (QED) is 0.644. The van der Waals surface area contributed by atoms with Gasteiger partial charge >= 0.3 is 0 Å². The fraction of sp³-hybridized carbons (Fsp3) is 0.556. The zero-order valence-corrected chi connectivity index (χ0v) is 15.0. The molecule has 3 N–H and O–H groups in total. The Kier molecular flexibility index (Phi) is 7.84. The number of carbonyl (C=O) groups is 2. The zero-order chi connectivity index (χ0) is 18.1. The molecule has 1 fully saturated rings. The van der Waals surface area contributed by atoms with Gasteiger partial charge in [-0.05, 0) is 31.3 Å². The number of nitrogens with one attached hydrogen (secondary N) is 3. The summed E-state index contributed by atoms with van der Waals surface area (Å²) in [7, 11) is 0. The highest BCUT2D eigenvalue weighted by molar-refractivity contribution is 5.98. The van der Waals surface area contributed by atoms with E-state index in [1.165, 1.54) is 0 Å². The van der Waals surface area contributed by atoms with Crippen molar-refractivity contribution in [1.29, 1.82) is 0 Å². The summed E-state index contributed by atoms with van der Waals surface area (Å²) in [5, 5.41) is 8.85. The standard InChI is InChI=1S/C18H28N4O3/c1-3-22(4-2)10-8-20-17(23)14-6-5-7-15(12-14)21-18(24)16-13-25-11-9-19-16/h5-7,12,16,19H,3-4,8-11,13H2,1-2H3,(H,20,23)(H,21,24). The number of anilines is 1. The normalized spacial score (nSPS) is 17.3. The minimum absolute atomic E-state index is 0.137. The minimum Gasteiger partial charge on any atom is -0.378 e. The van der Waals surface area contributed by atoms with Crippen LogP contribution in [0.1, 0.15) is 24.2 Å². The van der Waals surface area contributed by atoms with Crippen LogP contribution < -0.4 is 16.0 Å². The fourth-order valence-electron chi connectivity index (χ4n) is 2.67. The first-order valence-electron chi connectivity index (χ1n) is 8.86. The molecule has 1 aromatic rings. The number of hydrogen-bond donors (Lipinski definition) is 3. The van der Waals surface area contributed by atoms with Crippen LogP contribution in [0.3, 0.4) is 0 Å². The summed E-state index contributed by atoms with van der Waals surface area (Å²) in [6.45, 7) is 9.19. The molecule has 0 spiro atoms. The van der Waals surface area contributed by atoms with Crippen LogP contribution in [0, 0.1) is 0 Å². The van der Waals surface area contributed by atoms with Gasteiger partial charge in [0.15, 0.2) is 0 Å². The molecular weight excluding hydrogens is 320 g/mol. The maximum Gasteiger partial charge on any atom is 0.251 e. The van der Waals surface area contributed by atoms with Crippen LogP contribution in [-0.4, -0.2) is 68.7 Å². The van der Waals surface area contributed by atoms with Crippen LogP contribution in [0.4, 0.5) is 5.69 Å². The van der Waals surface area contributed by atoms with E-state index in [4.69, 9.17) is 4.74 Å². The molecule has 1 atom stereocenters. The third-order valence-electron chi connectivity index (χ3n) is 4.24. The van der Waals surface area contributed by atoms with E-state index in [2.05, 4.69) is 34.7 Å².